The molecule has 3 rings (SSSR count). The molecule has 3 atom stereocenters. The van der Waals surface area contributed by atoms with Crippen molar-refractivity contribution in [3.05, 3.63) is 36.0 Å². The van der Waals surface area contributed by atoms with Gasteiger partial charge < -0.3 is 30.1 Å². The highest BCUT2D eigenvalue weighted by molar-refractivity contribution is 7.52. The minimum absolute atomic E-state index is 0.0132. The molecule has 1 saturated heterocycles. The molecule has 11 heteroatoms. The Bertz CT molecular complexity index is 1040. The highest BCUT2D eigenvalue weighted by Crippen LogP contribution is 2.42. The van der Waals surface area contributed by atoms with Crippen LogP contribution in [0.5, 0.6) is 0 Å². The van der Waals surface area contributed by atoms with E-state index in [0.29, 0.717) is 5.56 Å². The van der Waals surface area contributed by atoms with Crippen LogP contribution in [0.4, 0.5) is 0 Å². The molecule has 1 aliphatic rings. The van der Waals surface area contributed by atoms with Crippen molar-refractivity contribution in [3.8, 4) is 0 Å². The van der Waals surface area contributed by atoms with Crippen LogP contribution in [0, 0.1) is 5.92 Å². The first-order chi connectivity index (χ1) is 15.0. The number of fused-ring (bicyclic) bond motifs is 1. The van der Waals surface area contributed by atoms with E-state index in [0.717, 1.165) is 10.9 Å². The number of hydrogen-bond acceptors (Lipinski definition) is 5. The third kappa shape index (κ3) is 5.97. The summed E-state index contributed by atoms with van der Waals surface area (Å²) in [4.78, 5) is 59.5. The lowest BCUT2D eigenvalue weighted by Crippen LogP contribution is -2.52. The van der Waals surface area contributed by atoms with Crippen molar-refractivity contribution in [1.82, 2.24) is 15.6 Å². The predicted molar refractivity (Wildman–Crippen MR) is 116 cm³/mol. The van der Waals surface area contributed by atoms with Crippen molar-refractivity contribution in [2.24, 2.45) is 5.92 Å². The first-order valence-electron chi connectivity index (χ1n) is 10.4. The highest BCUT2D eigenvalue weighted by atomic mass is 31.2. The summed E-state index contributed by atoms with van der Waals surface area (Å²) in [7, 11) is -4.71. The molecule has 174 valence electrons. The van der Waals surface area contributed by atoms with Gasteiger partial charge in [-0.2, -0.15) is 0 Å². The van der Waals surface area contributed by atoms with Crippen LogP contribution in [-0.2, 0) is 30.1 Å². The van der Waals surface area contributed by atoms with Gasteiger partial charge >= 0.3 is 13.6 Å². The molecule has 2 amide bonds. The molecule has 10 nitrogen and oxygen atoms in total. The molecule has 1 fully saturated rings. The van der Waals surface area contributed by atoms with E-state index >= 15 is 0 Å². The predicted octanol–water partition coefficient (Wildman–Crippen LogP) is 1.57. The first kappa shape index (κ1) is 24.0. The minimum Gasteiger partial charge on any atom is -0.452 e. The molecule has 1 aromatic heterocycles. The topological polar surface area (TPSA) is 158 Å². The maximum atomic E-state index is 13.0. The monoisotopic (exact) mass is 465 g/mol. The van der Waals surface area contributed by atoms with E-state index in [1.54, 1.807) is 6.20 Å². The number of carbonyl (C=O) groups is 3. The number of rotatable bonds is 9. The molecular weight excluding hydrogens is 437 g/mol. The number of amides is 2. The number of para-hydroxylation sites is 1. The molecule has 1 aromatic carbocycles. The molecule has 32 heavy (non-hydrogen) atoms. The zero-order valence-electron chi connectivity index (χ0n) is 17.9. The standard InChI is InChI=1S/C21H28N3O7P/c1-12(2)9-16(23-21(27)17-7-8-19(25)31-17)20(26)24-18(32(28,29)30)10-13-11-22-15-6-4-3-5-14(13)15/h3-6,11-12,16-18,22H,7-10H2,1-2H3,(H,23,27)(H,24,26)(H2,28,29,30)/t16-,17-,18+/m0/s1. The number of benzene rings is 1. The number of ether oxygens (including phenoxy) is 1. The number of esters is 1. The van der Waals surface area contributed by atoms with Gasteiger partial charge in [0, 0.05) is 36.4 Å². The van der Waals surface area contributed by atoms with E-state index in [1.165, 1.54) is 0 Å². The third-order valence-electron chi connectivity index (χ3n) is 5.32. The zero-order chi connectivity index (χ0) is 23.5. The maximum Gasteiger partial charge on any atom is 0.347 e. The van der Waals surface area contributed by atoms with Crippen LogP contribution in [0.1, 0.15) is 38.7 Å². The molecule has 0 bridgehead atoms. The van der Waals surface area contributed by atoms with E-state index in [9.17, 15) is 28.7 Å². The number of aromatic amines is 1. The zero-order valence-corrected chi connectivity index (χ0v) is 18.8. The fourth-order valence-electron chi connectivity index (χ4n) is 3.71. The van der Waals surface area contributed by atoms with Crippen molar-refractivity contribution in [2.75, 3.05) is 0 Å². The van der Waals surface area contributed by atoms with Crippen LogP contribution in [0.15, 0.2) is 30.5 Å². The molecule has 5 N–H and O–H groups in total. The van der Waals surface area contributed by atoms with Crippen molar-refractivity contribution < 1.29 is 33.5 Å². The molecule has 2 heterocycles. The summed E-state index contributed by atoms with van der Waals surface area (Å²) in [6.45, 7) is 3.71. The number of carbonyl (C=O) groups excluding carboxylic acids is 3. The Hall–Kier alpha value is -2.68. The Morgan fingerprint density at radius 1 is 1.25 bits per heavy atom. The molecular formula is C21H28N3O7P. The van der Waals surface area contributed by atoms with Gasteiger partial charge in [-0.3, -0.25) is 18.9 Å². The van der Waals surface area contributed by atoms with Gasteiger partial charge in [0.05, 0.1) is 0 Å². The summed E-state index contributed by atoms with van der Waals surface area (Å²) in [5.74, 6) is -3.23. The second kappa shape index (κ2) is 9.85. The summed E-state index contributed by atoms with van der Waals surface area (Å²) in [5.41, 5.74) is 1.46. The second-order valence-electron chi connectivity index (χ2n) is 8.38. The Labute approximate surface area is 185 Å². The van der Waals surface area contributed by atoms with Gasteiger partial charge in [0.25, 0.3) is 5.91 Å². The van der Waals surface area contributed by atoms with Crippen LogP contribution in [-0.4, -0.2) is 50.5 Å². The van der Waals surface area contributed by atoms with Gasteiger partial charge in [0.1, 0.15) is 11.8 Å². The van der Waals surface area contributed by atoms with Gasteiger partial charge in [-0.25, -0.2) is 0 Å². The Morgan fingerprint density at radius 2 is 1.97 bits per heavy atom. The van der Waals surface area contributed by atoms with E-state index in [2.05, 4.69) is 15.6 Å². The molecule has 1 aliphatic heterocycles. The molecule has 0 unspecified atom stereocenters. The van der Waals surface area contributed by atoms with Gasteiger partial charge in [-0.1, -0.05) is 32.0 Å². The largest absolute Gasteiger partial charge is 0.452 e. The lowest BCUT2D eigenvalue weighted by Gasteiger charge is -2.25. The third-order valence-corrected chi connectivity index (χ3v) is 6.44. The van der Waals surface area contributed by atoms with Crippen LogP contribution in [0.3, 0.4) is 0 Å². The van der Waals surface area contributed by atoms with E-state index in [1.807, 2.05) is 38.1 Å². The average molecular weight is 465 g/mol. The van der Waals surface area contributed by atoms with Crippen molar-refractivity contribution in [3.63, 3.8) is 0 Å². The number of nitrogens with one attached hydrogen (secondary N) is 3. The summed E-state index contributed by atoms with van der Waals surface area (Å²) in [6.07, 6.45) is 1.20. The van der Waals surface area contributed by atoms with Gasteiger partial charge in [0.2, 0.25) is 5.91 Å². The highest BCUT2D eigenvalue weighted by Gasteiger charge is 2.36. The molecule has 0 spiro atoms. The molecule has 0 radical (unpaired) electrons. The van der Waals surface area contributed by atoms with Crippen molar-refractivity contribution in [2.45, 2.75) is 57.5 Å². The summed E-state index contributed by atoms with van der Waals surface area (Å²) in [5, 5.41) is 5.80. The number of hydrogen-bond donors (Lipinski definition) is 5. The van der Waals surface area contributed by atoms with Crippen LogP contribution < -0.4 is 10.6 Å². The van der Waals surface area contributed by atoms with Crippen molar-refractivity contribution in [1.29, 1.82) is 0 Å². The summed E-state index contributed by atoms with van der Waals surface area (Å²) in [6, 6.07) is 6.29. The molecule has 0 aliphatic carbocycles. The molecule has 0 saturated carbocycles. The fraction of sp³-hybridized carbons (Fsp3) is 0.476. The number of aromatic nitrogens is 1. The maximum absolute atomic E-state index is 13.0. The lowest BCUT2D eigenvalue weighted by molar-refractivity contribution is -0.148. The van der Waals surface area contributed by atoms with Gasteiger partial charge in [0.15, 0.2) is 6.10 Å². The lowest BCUT2D eigenvalue weighted by atomic mass is 10.0. The van der Waals surface area contributed by atoms with E-state index < -0.39 is 43.3 Å². The van der Waals surface area contributed by atoms with Crippen LogP contribution >= 0.6 is 7.60 Å². The average Bonchev–Trinajstić information content (AvgIpc) is 3.32. The summed E-state index contributed by atoms with van der Waals surface area (Å²) < 4.78 is 17.1. The van der Waals surface area contributed by atoms with Crippen LogP contribution in [0.25, 0.3) is 10.9 Å². The van der Waals surface area contributed by atoms with Crippen LogP contribution in [0.2, 0.25) is 0 Å². The normalized spacial score (nSPS) is 18.4. The quantitative estimate of drug-likeness (QED) is 0.278. The first-order valence-corrected chi connectivity index (χ1v) is 12.1. The molecule has 2 aromatic rings. The van der Waals surface area contributed by atoms with Gasteiger partial charge in [-0.15, -0.1) is 0 Å². The van der Waals surface area contributed by atoms with Gasteiger partial charge in [-0.05, 0) is 24.0 Å². The second-order valence-corrected chi connectivity index (χ2v) is 10.2. The number of H-pyrrole nitrogens is 1. The van der Waals surface area contributed by atoms with E-state index in [4.69, 9.17) is 4.74 Å². The number of cyclic esters (lactones) is 1. The smallest absolute Gasteiger partial charge is 0.347 e. The summed E-state index contributed by atoms with van der Waals surface area (Å²) >= 11 is 0. The Morgan fingerprint density at radius 3 is 2.59 bits per heavy atom. The fourth-order valence-corrected chi connectivity index (χ4v) is 4.44. The Kier molecular flexibility index (Phi) is 7.38. The van der Waals surface area contributed by atoms with E-state index in [-0.39, 0.29) is 31.6 Å². The minimum atomic E-state index is -4.71. The SMILES string of the molecule is CC(C)C[C@H](NC(=O)[C@@H]1CCC(=O)O1)C(=O)N[C@@H](Cc1c[nH]c2ccccc12)P(=O)(O)O. The Balaban J connectivity index is 1.75. The van der Waals surface area contributed by atoms with Crippen molar-refractivity contribution >= 4 is 36.3 Å².